The van der Waals surface area contributed by atoms with E-state index in [1.165, 1.54) is 6.07 Å². The fraction of sp³-hybridized carbons (Fsp3) is 0.250. The smallest absolute Gasteiger partial charge is 0.194 e. The molecule has 0 saturated heterocycles. The van der Waals surface area contributed by atoms with Gasteiger partial charge in [-0.05, 0) is 35.7 Å². The average molecular weight is 273 g/mol. The van der Waals surface area contributed by atoms with Gasteiger partial charge in [0.1, 0.15) is 0 Å². The number of aromatic hydroxyl groups is 2. The molecule has 1 heterocycles. The summed E-state index contributed by atoms with van der Waals surface area (Å²) in [5.74, 6) is -1.79. The number of rotatable bonds is 1. The zero-order chi connectivity index (χ0) is 14.1. The zero-order valence-corrected chi connectivity index (χ0v) is 10.9. The topological polar surface area (TPSA) is 52.5 Å². The first kappa shape index (κ1) is 12.9. The molecular formula is C16H16FNO2. The molecule has 4 heteroatoms. The molecule has 3 N–H and O–H groups in total. The van der Waals surface area contributed by atoms with E-state index in [1.54, 1.807) is 0 Å². The van der Waals surface area contributed by atoms with Crippen LogP contribution in [0.5, 0.6) is 11.5 Å². The van der Waals surface area contributed by atoms with E-state index < -0.39 is 17.3 Å². The molecule has 104 valence electrons. The van der Waals surface area contributed by atoms with Crippen LogP contribution in [0.1, 0.15) is 22.6 Å². The van der Waals surface area contributed by atoms with Gasteiger partial charge >= 0.3 is 0 Å². The van der Waals surface area contributed by atoms with Gasteiger partial charge in [0.25, 0.3) is 0 Å². The van der Waals surface area contributed by atoms with Crippen LogP contribution in [0.2, 0.25) is 0 Å². The Balaban J connectivity index is 2.17. The molecule has 0 unspecified atom stereocenters. The summed E-state index contributed by atoms with van der Waals surface area (Å²) in [7, 11) is 0. The average Bonchev–Trinajstić information content (AvgIpc) is 2.68. The first-order chi connectivity index (χ1) is 9.68. The van der Waals surface area contributed by atoms with Gasteiger partial charge < -0.3 is 15.5 Å². The lowest BCUT2D eigenvalue weighted by atomic mass is 9.87. The molecule has 0 spiro atoms. The fourth-order valence-corrected chi connectivity index (χ4v) is 2.80. The predicted molar refractivity (Wildman–Crippen MR) is 74.6 cm³/mol. The van der Waals surface area contributed by atoms with Gasteiger partial charge in [0, 0.05) is 12.5 Å². The summed E-state index contributed by atoms with van der Waals surface area (Å²) in [5, 5.41) is 22.5. The Morgan fingerprint density at radius 1 is 1.15 bits per heavy atom. The number of halogens is 1. The van der Waals surface area contributed by atoms with Crippen LogP contribution in [0.25, 0.3) is 0 Å². The third-order valence-corrected chi connectivity index (χ3v) is 3.83. The molecular weight excluding hydrogens is 257 g/mol. The maximum atomic E-state index is 14.2. The monoisotopic (exact) mass is 273 g/mol. The van der Waals surface area contributed by atoms with Crippen LogP contribution in [0, 0.1) is 5.82 Å². The van der Waals surface area contributed by atoms with Crippen molar-refractivity contribution in [1.82, 2.24) is 5.32 Å². The molecule has 2 aromatic carbocycles. The lowest BCUT2D eigenvalue weighted by molar-refractivity contribution is 0.375. The Morgan fingerprint density at radius 3 is 2.65 bits per heavy atom. The molecule has 3 rings (SSSR count). The molecule has 0 aromatic heterocycles. The van der Waals surface area contributed by atoms with Gasteiger partial charge in [0.15, 0.2) is 17.3 Å². The van der Waals surface area contributed by atoms with E-state index >= 15 is 0 Å². The van der Waals surface area contributed by atoms with Gasteiger partial charge in [0.05, 0.1) is 0 Å². The van der Waals surface area contributed by atoms with E-state index in [0.29, 0.717) is 25.1 Å². The van der Waals surface area contributed by atoms with Crippen LogP contribution in [0.3, 0.4) is 0 Å². The highest BCUT2D eigenvalue weighted by Crippen LogP contribution is 2.38. The normalized spacial score (nSPS) is 18.4. The lowest BCUT2D eigenvalue weighted by Gasteiger charge is -2.19. The number of hydrogen-bond acceptors (Lipinski definition) is 3. The molecule has 0 aliphatic carbocycles. The van der Waals surface area contributed by atoms with Gasteiger partial charge in [-0.25, -0.2) is 4.39 Å². The van der Waals surface area contributed by atoms with Gasteiger partial charge in [-0.3, -0.25) is 0 Å². The van der Waals surface area contributed by atoms with Gasteiger partial charge in [0.2, 0.25) is 0 Å². The van der Waals surface area contributed by atoms with Crippen molar-refractivity contribution < 1.29 is 14.6 Å². The van der Waals surface area contributed by atoms with Crippen LogP contribution in [-0.2, 0) is 6.42 Å². The zero-order valence-electron chi connectivity index (χ0n) is 10.9. The van der Waals surface area contributed by atoms with Gasteiger partial charge in [-0.2, -0.15) is 0 Å². The van der Waals surface area contributed by atoms with E-state index in [-0.39, 0.29) is 5.92 Å². The molecule has 20 heavy (non-hydrogen) atoms. The third-order valence-electron chi connectivity index (χ3n) is 3.83. The van der Waals surface area contributed by atoms with Crippen molar-refractivity contribution >= 4 is 0 Å². The van der Waals surface area contributed by atoms with Gasteiger partial charge in [-0.1, -0.05) is 30.3 Å². The Bertz CT molecular complexity index is 628. The van der Waals surface area contributed by atoms with Crippen LogP contribution in [0.4, 0.5) is 4.39 Å². The van der Waals surface area contributed by atoms with Crippen LogP contribution >= 0.6 is 0 Å². The molecule has 3 nitrogen and oxygen atoms in total. The summed E-state index contributed by atoms with van der Waals surface area (Å²) in [4.78, 5) is 0. The number of fused-ring (bicyclic) bond motifs is 1. The molecule has 0 bridgehead atoms. The number of phenolic OH excluding ortho intramolecular Hbond substituents is 2. The number of nitrogens with one attached hydrogen (secondary N) is 1. The summed E-state index contributed by atoms with van der Waals surface area (Å²) in [6, 6.07) is 11.3. The minimum absolute atomic E-state index is 0.0327. The Labute approximate surface area is 116 Å². The summed E-state index contributed by atoms with van der Waals surface area (Å²) >= 11 is 0. The van der Waals surface area contributed by atoms with Crippen molar-refractivity contribution in [3.8, 4) is 11.5 Å². The molecule has 1 aliphatic heterocycles. The maximum Gasteiger partial charge on any atom is 0.194 e. The Kier molecular flexibility index (Phi) is 3.32. The van der Waals surface area contributed by atoms with E-state index in [1.807, 2.05) is 30.3 Å². The van der Waals surface area contributed by atoms with E-state index in [9.17, 15) is 14.6 Å². The molecule has 1 atom stereocenters. The van der Waals surface area contributed by atoms with Crippen LogP contribution < -0.4 is 5.32 Å². The van der Waals surface area contributed by atoms with Crippen LogP contribution in [-0.4, -0.2) is 23.3 Å². The van der Waals surface area contributed by atoms with Crippen molar-refractivity contribution in [2.45, 2.75) is 12.3 Å². The first-order valence-electron chi connectivity index (χ1n) is 6.67. The molecule has 0 fully saturated rings. The summed E-state index contributed by atoms with van der Waals surface area (Å²) < 4.78 is 14.2. The van der Waals surface area contributed by atoms with Gasteiger partial charge in [-0.15, -0.1) is 0 Å². The number of phenols is 2. The van der Waals surface area contributed by atoms with Crippen molar-refractivity contribution in [2.24, 2.45) is 0 Å². The minimum atomic E-state index is -0.704. The summed E-state index contributed by atoms with van der Waals surface area (Å²) in [5.41, 5.74) is 2.29. The van der Waals surface area contributed by atoms with Crippen LogP contribution in [0.15, 0.2) is 36.4 Å². The highest BCUT2D eigenvalue weighted by Gasteiger charge is 2.25. The summed E-state index contributed by atoms with van der Waals surface area (Å²) in [6.45, 7) is 1.33. The Morgan fingerprint density at radius 2 is 1.90 bits per heavy atom. The maximum absolute atomic E-state index is 14.2. The van der Waals surface area contributed by atoms with E-state index in [0.717, 1.165) is 11.1 Å². The van der Waals surface area contributed by atoms with Crippen molar-refractivity contribution in [2.75, 3.05) is 13.1 Å². The highest BCUT2D eigenvalue weighted by molar-refractivity contribution is 5.51. The molecule has 1 aliphatic rings. The second kappa shape index (κ2) is 5.13. The molecule has 2 aromatic rings. The standard InChI is InChI=1S/C16H16FNO2/c17-15-11-6-7-18-9-13(10-4-2-1-3-5-10)12(11)8-14(19)16(15)20/h1-5,8,13,18-20H,6-7,9H2/t13-/m0/s1. The number of hydrogen-bond donors (Lipinski definition) is 3. The molecule has 0 amide bonds. The van der Waals surface area contributed by atoms with Crippen molar-refractivity contribution in [3.63, 3.8) is 0 Å². The summed E-state index contributed by atoms with van der Waals surface area (Å²) in [6.07, 6.45) is 0.498. The third kappa shape index (κ3) is 2.12. The second-order valence-corrected chi connectivity index (χ2v) is 5.04. The highest BCUT2D eigenvalue weighted by atomic mass is 19.1. The van der Waals surface area contributed by atoms with E-state index in [2.05, 4.69) is 5.32 Å². The SMILES string of the molecule is Oc1cc2c(c(F)c1O)CCNC[C@H]2c1ccccc1. The Hall–Kier alpha value is -2.07. The second-order valence-electron chi connectivity index (χ2n) is 5.04. The quantitative estimate of drug-likeness (QED) is 0.700. The predicted octanol–water partition coefficient (Wildman–Crippen LogP) is 2.51. The fourth-order valence-electron chi connectivity index (χ4n) is 2.80. The minimum Gasteiger partial charge on any atom is -0.504 e. The first-order valence-corrected chi connectivity index (χ1v) is 6.67. The number of benzene rings is 2. The largest absolute Gasteiger partial charge is 0.504 e. The lowest BCUT2D eigenvalue weighted by Crippen LogP contribution is -2.20. The molecule has 0 saturated carbocycles. The van der Waals surface area contributed by atoms with Crippen molar-refractivity contribution in [1.29, 1.82) is 0 Å². The van der Waals surface area contributed by atoms with E-state index in [4.69, 9.17) is 0 Å². The van der Waals surface area contributed by atoms with Crippen molar-refractivity contribution in [3.05, 3.63) is 58.9 Å². The molecule has 0 radical (unpaired) electrons.